The summed E-state index contributed by atoms with van der Waals surface area (Å²) in [7, 11) is -3.73. The second-order valence-corrected chi connectivity index (χ2v) is 11.1. The van der Waals surface area contributed by atoms with Gasteiger partial charge in [0.1, 0.15) is 6.04 Å². The smallest absolute Gasteiger partial charge is 0.241 e. The highest BCUT2D eigenvalue weighted by Crippen LogP contribution is 2.21. The second-order valence-electron chi connectivity index (χ2n) is 9.34. The number of nitrogens with one attached hydrogen (secondary N) is 3. The van der Waals surface area contributed by atoms with Gasteiger partial charge in [-0.1, -0.05) is 30.3 Å². The highest BCUT2D eigenvalue weighted by Gasteiger charge is 2.33. The summed E-state index contributed by atoms with van der Waals surface area (Å²) < 4.78 is 27.6. The van der Waals surface area contributed by atoms with E-state index in [1.54, 1.807) is 35.2 Å². The number of rotatable bonds is 10. The van der Waals surface area contributed by atoms with Crippen molar-refractivity contribution in [3.05, 3.63) is 35.9 Å². The van der Waals surface area contributed by atoms with Crippen LogP contribution in [-0.2, 0) is 25.4 Å². The van der Waals surface area contributed by atoms with E-state index in [4.69, 9.17) is 11.1 Å². The number of carbonyl (C=O) groups is 2. The van der Waals surface area contributed by atoms with Crippen LogP contribution in [0, 0.1) is 11.3 Å². The van der Waals surface area contributed by atoms with E-state index in [-0.39, 0.29) is 30.8 Å². The third-order valence-electron chi connectivity index (χ3n) is 6.45. The molecule has 2 saturated heterocycles. The van der Waals surface area contributed by atoms with E-state index in [1.807, 2.05) is 0 Å². The molecule has 3 rings (SSSR count). The molecule has 2 aliphatic rings. The van der Waals surface area contributed by atoms with Gasteiger partial charge < -0.3 is 26.0 Å². The van der Waals surface area contributed by atoms with Crippen LogP contribution in [0.2, 0.25) is 0 Å². The van der Waals surface area contributed by atoms with Gasteiger partial charge in [0.2, 0.25) is 21.8 Å². The fourth-order valence-corrected chi connectivity index (χ4v) is 6.13. The highest BCUT2D eigenvalue weighted by atomic mass is 32.2. The summed E-state index contributed by atoms with van der Waals surface area (Å²) in [6, 6.07) is 7.35. The quantitative estimate of drug-likeness (QED) is 0.211. The van der Waals surface area contributed by atoms with Crippen LogP contribution in [0.5, 0.6) is 0 Å². The molecule has 6 N–H and O–H groups in total. The van der Waals surface area contributed by atoms with Gasteiger partial charge in [0.05, 0.1) is 24.9 Å². The Morgan fingerprint density at radius 2 is 1.91 bits per heavy atom. The van der Waals surface area contributed by atoms with Crippen molar-refractivity contribution in [2.45, 2.75) is 49.9 Å². The maximum atomic E-state index is 12.9. The lowest BCUT2D eigenvalue weighted by molar-refractivity contribution is -0.139. The highest BCUT2D eigenvalue weighted by molar-refractivity contribution is 7.88. The summed E-state index contributed by atoms with van der Waals surface area (Å²) in [5.74, 6) is -0.835. The minimum atomic E-state index is -3.73. The van der Waals surface area contributed by atoms with E-state index >= 15 is 0 Å². The lowest BCUT2D eigenvalue weighted by Crippen LogP contribution is -2.55. The number of likely N-dealkylation sites (tertiary alicyclic amines) is 2. The molecule has 0 aromatic heterocycles. The molecule has 194 valence electrons. The third-order valence-corrected chi connectivity index (χ3v) is 7.81. The minimum Gasteiger partial charge on any atom is -0.394 e. The molecule has 2 fully saturated rings. The number of hydrogen-bond donors (Lipinski definition) is 5. The Bertz CT molecular complexity index is 989. The van der Waals surface area contributed by atoms with Gasteiger partial charge in [-0.15, -0.1) is 0 Å². The first-order valence-electron chi connectivity index (χ1n) is 12.0. The Balaban J connectivity index is 1.50. The molecule has 0 aliphatic carbocycles. The summed E-state index contributed by atoms with van der Waals surface area (Å²) in [5, 5.41) is 20.2. The summed E-state index contributed by atoms with van der Waals surface area (Å²) in [4.78, 5) is 28.7. The first-order chi connectivity index (χ1) is 16.7. The summed E-state index contributed by atoms with van der Waals surface area (Å²) in [6.45, 7) is 1.27. The first-order valence-corrected chi connectivity index (χ1v) is 13.6. The maximum Gasteiger partial charge on any atom is 0.241 e. The minimum absolute atomic E-state index is 0.0249. The van der Waals surface area contributed by atoms with Gasteiger partial charge in [-0.05, 0) is 43.6 Å². The van der Waals surface area contributed by atoms with Crippen LogP contribution in [0.25, 0.3) is 0 Å². The Labute approximate surface area is 206 Å². The van der Waals surface area contributed by atoms with E-state index in [0.29, 0.717) is 37.9 Å². The molecular formula is C23H36N6O5S. The molecule has 35 heavy (non-hydrogen) atoms. The van der Waals surface area contributed by atoms with Crippen LogP contribution in [-0.4, -0.2) is 86.0 Å². The van der Waals surface area contributed by atoms with Gasteiger partial charge in [0.15, 0.2) is 5.96 Å². The number of sulfonamides is 1. The lowest BCUT2D eigenvalue weighted by atomic mass is 9.91. The second kappa shape index (κ2) is 12.3. The molecule has 11 nitrogen and oxygen atoms in total. The average Bonchev–Trinajstić information content (AvgIpc) is 2.81. The zero-order valence-corrected chi connectivity index (χ0v) is 20.7. The topological polar surface area (TPSA) is 169 Å². The van der Waals surface area contributed by atoms with Gasteiger partial charge in [0, 0.05) is 19.6 Å². The number of piperidine rings is 2. The number of guanidine groups is 1. The molecule has 1 aromatic rings. The number of aliphatic hydroxyl groups excluding tert-OH is 1. The van der Waals surface area contributed by atoms with E-state index in [9.17, 15) is 23.1 Å². The Hall–Kier alpha value is -2.70. The molecule has 0 bridgehead atoms. The summed E-state index contributed by atoms with van der Waals surface area (Å²) in [6.07, 6.45) is 3.30. The van der Waals surface area contributed by atoms with E-state index in [2.05, 4.69) is 10.0 Å². The molecule has 2 amide bonds. The molecular weight excluding hydrogens is 472 g/mol. The number of carbonyl (C=O) groups excluding carboxylic acids is 2. The van der Waals surface area contributed by atoms with Crippen LogP contribution >= 0.6 is 0 Å². The van der Waals surface area contributed by atoms with Crippen molar-refractivity contribution in [2.24, 2.45) is 11.7 Å². The molecule has 0 radical (unpaired) electrons. The number of nitrogens with zero attached hydrogens (tertiary/aromatic N) is 2. The van der Waals surface area contributed by atoms with E-state index in [1.165, 1.54) is 4.90 Å². The Morgan fingerprint density at radius 3 is 2.60 bits per heavy atom. The predicted octanol–water partition coefficient (Wildman–Crippen LogP) is -0.430. The van der Waals surface area contributed by atoms with Crippen LogP contribution in [0.3, 0.4) is 0 Å². The van der Waals surface area contributed by atoms with Gasteiger partial charge in [-0.2, -0.15) is 0 Å². The fourth-order valence-electron chi connectivity index (χ4n) is 4.76. The average molecular weight is 509 g/mol. The number of aliphatic hydroxyl groups is 1. The van der Waals surface area contributed by atoms with Crippen LogP contribution in [0.15, 0.2) is 30.3 Å². The largest absolute Gasteiger partial charge is 0.394 e. The molecule has 12 heteroatoms. The number of amides is 2. The van der Waals surface area contributed by atoms with Crippen LogP contribution in [0.4, 0.5) is 0 Å². The number of nitrogens with two attached hydrogens (primary N) is 1. The zero-order valence-electron chi connectivity index (χ0n) is 19.9. The van der Waals surface area contributed by atoms with Crippen molar-refractivity contribution in [1.29, 1.82) is 5.41 Å². The van der Waals surface area contributed by atoms with Gasteiger partial charge in [-0.3, -0.25) is 15.0 Å². The van der Waals surface area contributed by atoms with Crippen molar-refractivity contribution < 1.29 is 23.1 Å². The monoisotopic (exact) mass is 508 g/mol. The number of hydrogen-bond acceptors (Lipinski definition) is 6. The van der Waals surface area contributed by atoms with Gasteiger partial charge >= 0.3 is 0 Å². The molecule has 0 spiro atoms. The first kappa shape index (κ1) is 26.9. The normalized spacial score (nSPS) is 22.0. The Kier molecular flexibility index (Phi) is 9.47. The van der Waals surface area contributed by atoms with Crippen molar-refractivity contribution >= 4 is 27.8 Å². The fraction of sp³-hybridized carbons (Fsp3) is 0.609. The molecule has 1 aromatic carbocycles. The van der Waals surface area contributed by atoms with Crippen molar-refractivity contribution in [3.8, 4) is 0 Å². The standard InChI is InChI=1S/C23H36N6O5S/c24-23(25)29-11-4-8-18(13-29)12-19(15-30)26-21(31)14-28-10-5-9-20(22(28)32)27-35(33,34)16-17-6-2-1-3-7-17/h1-3,6-7,18-20,27,30H,4-5,8-16H2,(H3,24,25)(H,26,31)/t18-,19-,20-/m0/s1. The molecule has 2 heterocycles. The number of benzene rings is 1. The van der Waals surface area contributed by atoms with Gasteiger partial charge in [-0.25, -0.2) is 13.1 Å². The van der Waals surface area contributed by atoms with Gasteiger partial charge in [0.25, 0.3) is 0 Å². The van der Waals surface area contributed by atoms with E-state index in [0.717, 1.165) is 19.4 Å². The third kappa shape index (κ3) is 8.18. The lowest BCUT2D eigenvalue weighted by Gasteiger charge is -2.35. The molecule has 0 unspecified atom stereocenters. The Morgan fingerprint density at radius 1 is 1.20 bits per heavy atom. The van der Waals surface area contributed by atoms with Crippen molar-refractivity contribution in [1.82, 2.24) is 19.8 Å². The maximum absolute atomic E-state index is 12.9. The van der Waals surface area contributed by atoms with Crippen molar-refractivity contribution in [3.63, 3.8) is 0 Å². The summed E-state index contributed by atoms with van der Waals surface area (Å²) >= 11 is 0. The van der Waals surface area contributed by atoms with Crippen molar-refractivity contribution in [2.75, 3.05) is 32.8 Å². The van der Waals surface area contributed by atoms with Crippen LogP contribution in [0.1, 0.15) is 37.7 Å². The van der Waals surface area contributed by atoms with E-state index < -0.39 is 33.9 Å². The van der Waals surface area contributed by atoms with Crippen LogP contribution < -0.4 is 15.8 Å². The molecule has 2 aliphatic heterocycles. The zero-order chi connectivity index (χ0) is 25.4. The molecule has 3 atom stereocenters. The summed E-state index contributed by atoms with van der Waals surface area (Å²) in [5.41, 5.74) is 6.21. The SMILES string of the molecule is N=C(N)N1CCC[C@@H](C[C@@H](CO)NC(=O)CN2CCC[C@H](NS(=O)(=O)Cc3ccccc3)C2=O)C1. The predicted molar refractivity (Wildman–Crippen MR) is 132 cm³/mol. The molecule has 0 saturated carbocycles.